The minimum Gasteiger partial charge on any atom is -0.455 e. The smallest absolute Gasteiger partial charge is 0.291 e. The molecule has 7 heteroatoms. The molecular formula is C17H16ClN3O2S. The molecule has 5 nitrogen and oxygen atoms in total. The third kappa shape index (κ3) is 3.83. The molecule has 0 saturated heterocycles. The molecule has 0 spiro atoms. The lowest BCUT2D eigenvalue weighted by molar-refractivity contribution is 0.0995. The maximum absolute atomic E-state index is 12.2. The van der Waals surface area contributed by atoms with Crippen LogP contribution in [0.5, 0.6) is 0 Å². The Kier molecular flexibility index (Phi) is 4.97. The van der Waals surface area contributed by atoms with E-state index in [1.165, 1.54) is 0 Å². The fraction of sp³-hybridized carbons (Fsp3) is 0.176. The van der Waals surface area contributed by atoms with Crippen molar-refractivity contribution in [3.8, 4) is 0 Å². The zero-order valence-corrected chi connectivity index (χ0v) is 14.8. The molecule has 3 aromatic rings. The number of carbonyl (C=O) groups is 1. The maximum atomic E-state index is 12.2. The summed E-state index contributed by atoms with van der Waals surface area (Å²) in [5.74, 6) is 1.29. The molecule has 0 unspecified atom stereocenters. The summed E-state index contributed by atoms with van der Waals surface area (Å²) < 4.78 is 7.54. The fourth-order valence-corrected chi connectivity index (χ4v) is 3.07. The number of carbonyl (C=O) groups excluding carboxylic acids is 1. The van der Waals surface area contributed by atoms with Crippen molar-refractivity contribution >= 4 is 35.0 Å². The Morgan fingerprint density at radius 3 is 2.92 bits per heavy atom. The molecule has 1 amide bonds. The number of hydrogen-bond acceptors (Lipinski definition) is 4. The fourth-order valence-electron chi connectivity index (χ4n) is 2.07. The van der Waals surface area contributed by atoms with Gasteiger partial charge in [0.15, 0.2) is 10.9 Å². The second kappa shape index (κ2) is 7.15. The van der Waals surface area contributed by atoms with E-state index in [0.717, 1.165) is 16.5 Å². The number of rotatable bonds is 5. The summed E-state index contributed by atoms with van der Waals surface area (Å²) in [7, 11) is 1.93. The van der Waals surface area contributed by atoms with Gasteiger partial charge in [-0.2, -0.15) is 0 Å². The molecule has 0 fully saturated rings. The number of amides is 1. The number of hydrogen-bond donors (Lipinski definition) is 1. The van der Waals surface area contributed by atoms with Gasteiger partial charge in [-0.05, 0) is 36.8 Å². The van der Waals surface area contributed by atoms with Crippen molar-refractivity contribution in [3.05, 3.63) is 64.8 Å². The van der Waals surface area contributed by atoms with Gasteiger partial charge in [0.25, 0.3) is 5.91 Å². The molecule has 1 N–H and O–H groups in total. The van der Waals surface area contributed by atoms with Gasteiger partial charge in [-0.25, -0.2) is 4.98 Å². The Bertz CT molecular complexity index is 872. The minimum atomic E-state index is -0.303. The summed E-state index contributed by atoms with van der Waals surface area (Å²) in [6.45, 7) is 1.91. The molecule has 0 aliphatic heterocycles. The van der Waals surface area contributed by atoms with Gasteiger partial charge >= 0.3 is 0 Å². The van der Waals surface area contributed by atoms with Crippen LogP contribution in [-0.4, -0.2) is 15.5 Å². The van der Waals surface area contributed by atoms with Gasteiger partial charge in [0.1, 0.15) is 5.76 Å². The Morgan fingerprint density at radius 1 is 1.38 bits per heavy atom. The van der Waals surface area contributed by atoms with Crippen LogP contribution in [0.2, 0.25) is 5.02 Å². The zero-order valence-electron chi connectivity index (χ0n) is 13.2. The molecule has 0 radical (unpaired) electrons. The normalized spacial score (nSPS) is 10.8. The van der Waals surface area contributed by atoms with Crippen molar-refractivity contribution in [1.82, 2.24) is 9.55 Å². The number of thioether (sulfide) groups is 1. The van der Waals surface area contributed by atoms with Gasteiger partial charge in [0.2, 0.25) is 0 Å². The Hall–Kier alpha value is -2.18. The van der Waals surface area contributed by atoms with E-state index in [4.69, 9.17) is 16.0 Å². The lowest BCUT2D eigenvalue weighted by Gasteiger charge is -2.05. The SMILES string of the molecule is Cc1ccc(NC(=O)c2ccc(CSc3nccn3C)o2)cc1Cl. The van der Waals surface area contributed by atoms with Gasteiger partial charge < -0.3 is 14.3 Å². The van der Waals surface area contributed by atoms with Gasteiger partial charge in [-0.1, -0.05) is 29.4 Å². The topological polar surface area (TPSA) is 60.1 Å². The number of aromatic nitrogens is 2. The van der Waals surface area contributed by atoms with E-state index in [9.17, 15) is 4.79 Å². The number of benzene rings is 1. The van der Waals surface area contributed by atoms with E-state index in [1.807, 2.05) is 30.8 Å². The molecule has 3 rings (SSSR count). The molecule has 24 heavy (non-hydrogen) atoms. The molecule has 0 aliphatic rings. The molecular weight excluding hydrogens is 346 g/mol. The van der Waals surface area contributed by atoms with Crippen LogP contribution in [0, 0.1) is 6.92 Å². The molecule has 124 valence electrons. The maximum Gasteiger partial charge on any atom is 0.291 e. The van der Waals surface area contributed by atoms with Crippen LogP contribution >= 0.6 is 23.4 Å². The van der Waals surface area contributed by atoms with Crippen LogP contribution in [0.15, 0.2) is 52.3 Å². The number of aryl methyl sites for hydroxylation is 2. The average molecular weight is 362 g/mol. The summed E-state index contributed by atoms with van der Waals surface area (Å²) in [4.78, 5) is 16.5. The third-order valence-corrected chi connectivity index (χ3v) is 4.92. The predicted molar refractivity (Wildman–Crippen MR) is 95.6 cm³/mol. The van der Waals surface area contributed by atoms with Crippen LogP contribution in [0.25, 0.3) is 0 Å². The van der Waals surface area contributed by atoms with Gasteiger partial charge in [0.05, 0.1) is 5.75 Å². The molecule has 2 aromatic heterocycles. The quantitative estimate of drug-likeness (QED) is 0.679. The zero-order chi connectivity index (χ0) is 17.1. The summed E-state index contributed by atoms with van der Waals surface area (Å²) in [6, 6.07) is 8.84. The van der Waals surface area contributed by atoms with Gasteiger partial charge in [-0.15, -0.1) is 0 Å². The number of furan rings is 1. The standard InChI is InChI=1S/C17H16ClN3O2S/c1-11-3-4-12(9-14(11)18)20-16(22)15-6-5-13(23-15)10-24-17-19-7-8-21(17)2/h3-9H,10H2,1-2H3,(H,20,22). The molecule has 0 saturated carbocycles. The number of nitrogens with zero attached hydrogens (tertiary/aromatic N) is 2. The van der Waals surface area contributed by atoms with Gasteiger partial charge in [-0.3, -0.25) is 4.79 Å². The van der Waals surface area contributed by atoms with Gasteiger partial charge in [0, 0.05) is 30.2 Å². The number of nitrogens with one attached hydrogen (secondary N) is 1. The Balaban J connectivity index is 1.63. The highest BCUT2D eigenvalue weighted by Crippen LogP contribution is 2.23. The number of imidazole rings is 1. The second-order valence-electron chi connectivity index (χ2n) is 5.29. The first-order valence-corrected chi connectivity index (χ1v) is 8.65. The van der Waals surface area contributed by atoms with Crippen LogP contribution in [0.3, 0.4) is 0 Å². The Morgan fingerprint density at radius 2 is 2.21 bits per heavy atom. The summed E-state index contributed by atoms with van der Waals surface area (Å²) in [5.41, 5.74) is 1.59. The first-order chi connectivity index (χ1) is 11.5. The first kappa shape index (κ1) is 16.7. The second-order valence-corrected chi connectivity index (χ2v) is 6.64. The number of anilines is 1. The van der Waals surface area contributed by atoms with Crippen molar-refractivity contribution in [3.63, 3.8) is 0 Å². The van der Waals surface area contributed by atoms with Crippen molar-refractivity contribution in [2.45, 2.75) is 17.8 Å². The van der Waals surface area contributed by atoms with Crippen LogP contribution in [0.1, 0.15) is 21.9 Å². The molecule has 0 aliphatic carbocycles. The third-order valence-electron chi connectivity index (χ3n) is 3.44. The van der Waals surface area contributed by atoms with Crippen LogP contribution in [-0.2, 0) is 12.8 Å². The lowest BCUT2D eigenvalue weighted by Crippen LogP contribution is -2.10. The highest BCUT2D eigenvalue weighted by molar-refractivity contribution is 7.98. The van der Waals surface area contributed by atoms with E-state index in [1.54, 1.807) is 42.2 Å². The monoisotopic (exact) mass is 361 g/mol. The van der Waals surface area contributed by atoms with Crippen molar-refractivity contribution in [2.24, 2.45) is 7.05 Å². The van der Waals surface area contributed by atoms with E-state index < -0.39 is 0 Å². The molecule has 1 aromatic carbocycles. The predicted octanol–water partition coefficient (Wildman–Crippen LogP) is 4.52. The largest absolute Gasteiger partial charge is 0.455 e. The average Bonchev–Trinajstić information content (AvgIpc) is 3.18. The highest BCUT2D eigenvalue weighted by atomic mass is 35.5. The van der Waals surface area contributed by atoms with E-state index in [2.05, 4.69) is 10.3 Å². The lowest BCUT2D eigenvalue weighted by atomic mass is 10.2. The van der Waals surface area contributed by atoms with Crippen molar-refractivity contribution in [2.75, 3.05) is 5.32 Å². The number of halogens is 1. The molecule has 0 atom stereocenters. The minimum absolute atomic E-state index is 0.266. The highest BCUT2D eigenvalue weighted by Gasteiger charge is 2.13. The summed E-state index contributed by atoms with van der Waals surface area (Å²) in [6.07, 6.45) is 3.63. The molecule has 0 bridgehead atoms. The molecule has 2 heterocycles. The van der Waals surface area contributed by atoms with E-state index in [-0.39, 0.29) is 11.7 Å². The first-order valence-electron chi connectivity index (χ1n) is 7.29. The van der Waals surface area contributed by atoms with Crippen LogP contribution < -0.4 is 5.32 Å². The van der Waals surface area contributed by atoms with Crippen molar-refractivity contribution < 1.29 is 9.21 Å². The van der Waals surface area contributed by atoms with E-state index >= 15 is 0 Å². The Labute approximate surface area is 149 Å². The van der Waals surface area contributed by atoms with Crippen LogP contribution in [0.4, 0.5) is 5.69 Å². The summed E-state index contributed by atoms with van der Waals surface area (Å²) in [5, 5.41) is 4.28. The van der Waals surface area contributed by atoms with Crippen molar-refractivity contribution in [1.29, 1.82) is 0 Å². The summed E-state index contributed by atoms with van der Waals surface area (Å²) >= 11 is 7.61. The van der Waals surface area contributed by atoms with E-state index in [0.29, 0.717) is 16.5 Å².